The Morgan fingerprint density at radius 1 is 1.43 bits per heavy atom. The highest BCUT2D eigenvalue weighted by Crippen LogP contribution is 2.33. The minimum absolute atomic E-state index is 0.118. The average molecular weight is 212 g/mol. The van der Waals surface area contributed by atoms with E-state index in [0.29, 0.717) is 4.70 Å². The second-order valence-electron chi connectivity index (χ2n) is 2.76. The summed E-state index contributed by atoms with van der Waals surface area (Å²) in [7, 11) is 0. The molecule has 0 saturated carbocycles. The Bertz CT molecular complexity index is 518. The first-order valence-electron chi connectivity index (χ1n) is 3.72. The Labute approximate surface area is 82.0 Å². The fraction of sp³-hybridized carbons (Fsp3) is 0. The number of carbonyl (C=O) groups is 1. The molecule has 0 aliphatic heterocycles. The van der Waals surface area contributed by atoms with Gasteiger partial charge >= 0.3 is 5.97 Å². The van der Waals surface area contributed by atoms with Gasteiger partial charge in [-0.3, -0.25) is 0 Å². The maximum Gasteiger partial charge on any atom is 0.335 e. The quantitative estimate of drug-likeness (QED) is 0.763. The molecule has 14 heavy (non-hydrogen) atoms. The first kappa shape index (κ1) is 8.96. The Balaban J connectivity index is 2.82. The maximum absolute atomic E-state index is 13.1. The molecule has 72 valence electrons. The lowest BCUT2D eigenvalue weighted by molar-refractivity contribution is 0.0696. The van der Waals surface area contributed by atoms with Gasteiger partial charge in [-0.05, 0) is 12.1 Å². The van der Waals surface area contributed by atoms with Crippen LogP contribution in [0, 0.1) is 5.82 Å². The molecular weight excluding hydrogens is 207 g/mol. The largest absolute Gasteiger partial charge is 0.506 e. The molecule has 0 saturated heterocycles. The number of rotatable bonds is 1. The minimum atomic E-state index is -1.19. The van der Waals surface area contributed by atoms with Gasteiger partial charge in [0.15, 0.2) is 0 Å². The van der Waals surface area contributed by atoms with Crippen LogP contribution >= 0.6 is 11.3 Å². The second-order valence-corrected chi connectivity index (χ2v) is 3.64. The van der Waals surface area contributed by atoms with E-state index in [4.69, 9.17) is 5.11 Å². The molecule has 3 nitrogen and oxygen atoms in total. The third-order valence-corrected chi connectivity index (χ3v) is 2.84. The van der Waals surface area contributed by atoms with E-state index in [9.17, 15) is 14.3 Å². The second kappa shape index (κ2) is 2.95. The van der Waals surface area contributed by atoms with Crippen LogP contribution in [0.15, 0.2) is 17.5 Å². The third-order valence-electron chi connectivity index (χ3n) is 1.85. The van der Waals surface area contributed by atoms with E-state index in [1.54, 1.807) is 0 Å². The summed E-state index contributed by atoms with van der Waals surface area (Å²) in [5.41, 5.74) is -0.118. The van der Waals surface area contributed by atoms with Gasteiger partial charge in [-0.1, -0.05) is 0 Å². The van der Waals surface area contributed by atoms with Crippen LogP contribution in [0.1, 0.15) is 10.4 Å². The zero-order chi connectivity index (χ0) is 10.3. The Hall–Kier alpha value is -1.62. The molecule has 1 heterocycles. The van der Waals surface area contributed by atoms with E-state index >= 15 is 0 Å². The number of thiophene rings is 1. The Morgan fingerprint density at radius 2 is 2.14 bits per heavy atom. The van der Waals surface area contributed by atoms with E-state index in [-0.39, 0.29) is 16.7 Å². The van der Waals surface area contributed by atoms with Crippen LogP contribution in [0.3, 0.4) is 0 Å². The molecule has 1 aromatic heterocycles. The summed E-state index contributed by atoms with van der Waals surface area (Å²) in [4.78, 5) is 10.6. The molecular formula is C9H5FO3S. The van der Waals surface area contributed by atoms with Crippen LogP contribution in [-0.2, 0) is 0 Å². The molecule has 2 rings (SSSR count). The van der Waals surface area contributed by atoms with E-state index in [1.165, 1.54) is 11.4 Å². The van der Waals surface area contributed by atoms with Gasteiger partial charge in [-0.2, -0.15) is 0 Å². The summed E-state index contributed by atoms with van der Waals surface area (Å²) >= 11 is 1.04. The summed E-state index contributed by atoms with van der Waals surface area (Å²) in [6.45, 7) is 0. The minimum Gasteiger partial charge on any atom is -0.506 e. The number of aromatic hydroxyl groups is 1. The number of carboxylic acid groups (broad SMARTS) is 1. The van der Waals surface area contributed by atoms with Gasteiger partial charge in [0.1, 0.15) is 11.6 Å². The lowest BCUT2D eigenvalue weighted by atomic mass is 10.1. The summed E-state index contributed by atoms with van der Waals surface area (Å²) in [5, 5.41) is 19.4. The van der Waals surface area contributed by atoms with Gasteiger partial charge in [-0.15, -0.1) is 11.3 Å². The molecule has 0 atom stereocenters. The highest BCUT2D eigenvalue weighted by atomic mass is 32.1. The summed E-state index contributed by atoms with van der Waals surface area (Å²) in [6, 6.07) is 2.32. The van der Waals surface area contributed by atoms with Crippen molar-refractivity contribution in [2.24, 2.45) is 0 Å². The van der Waals surface area contributed by atoms with Crippen molar-refractivity contribution < 1.29 is 19.4 Å². The number of phenols is 1. The standard InChI is InChI=1S/C9H5FO3S/c10-6-3-14-8-5(6)1-4(9(12)13)2-7(8)11/h1-3,11H,(H,12,13). The Kier molecular flexibility index (Phi) is 1.89. The lowest BCUT2D eigenvalue weighted by Crippen LogP contribution is -1.95. The zero-order valence-corrected chi connectivity index (χ0v) is 7.64. The zero-order valence-electron chi connectivity index (χ0n) is 6.82. The number of aromatic carboxylic acids is 1. The van der Waals surface area contributed by atoms with Crippen molar-refractivity contribution in [1.29, 1.82) is 0 Å². The SMILES string of the molecule is O=C(O)c1cc(O)c2scc(F)c2c1. The molecule has 0 unspecified atom stereocenters. The van der Waals surface area contributed by atoms with Gasteiger partial charge in [0.05, 0.1) is 10.3 Å². The number of carboxylic acids is 1. The molecule has 0 aliphatic rings. The van der Waals surface area contributed by atoms with Gasteiger partial charge in [-0.25, -0.2) is 9.18 Å². The van der Waals surface area contributed by atoms with Gasteiger partial charge < -0.3 is 10.2 Å². The number of hydrogen-bond donors (Lipinski definition) is 2. The first-order chi connectivity index (χ1) is 6.59. The Morgan fingerprint density at radius 3 is 2.79 bits per heavy atom. The van der Waals surface area contributed by atoms with Gasteiger partial charge in [0.2, 0.25) is 0 Å². The normalized spacial score (nSPS) is 10.6. The smallest absolute Gasteiger partial charge is 0.335 e. The number of hydrogen-bond acceptors (Lipinski definition) is 3. The fourth-order valence-electron chi connectivity index (χ4n) is 1.21. The van der Waals surface area contributed by atoms with Crippen molar-refractivity contribution in [3.63, 3.8) is 0 Å². The molecule has 0 amide bonds. The van der Waals surface area contributed by atoms with E-state index in [1.807, 2.05) is 0 Å². The monoisotopic (exact) mass is 212 g/mol. The number of benzene rings is 1. The van der Waals surface area contributed by atoms with Crippen LogP contribution in [0.2, 0.25) is 0 Å². The molecule has 0 spiro atoms. The van der Waals surface area contributed by atoms with Crippen LogP contribution in [0.5, 0.6) is 5.75 Å². The van der Waals surface area contributed by atoms with Crippen molar-refractivity contribution in [2.75, 3.05) is 0 Å². The van der Waals surface area contributed by atoms with Gasteiger partial charge in [0, 0.05) is 10.8 Å². The van der Waals surface area contributed by atoms with Crippen molar-refractivity contribution in [1.82, 2.24) is 0 Å². The number of fused-ring (bicyclic) bond motifs is 1. The summed E-state index contributed by atoms with van der Waals surface area (Å²) in [5.74, 6) is -1.90. The summed E-state index contributed by atoms with van der Waals surface area (Å²) < 4.78 is 13.4. The molecule has 0 fully saturated rings. The average Bonchev–Trinajstić information content (AvgIpc) is 2.48. The summed E-state index contributed by atoms with van der Waals surface area (Å²) in [6.07, 6.45) is 0. The fourth-order valence-corrected chi connectivity index (χ4v) is 2.02. The van der Waals surface area contributed by atoms with Crippen LogP contribution in [0.4, 0.5) is 4.39 Å². The van der Waals surface area contributed by atoms with Crippen molar-refractivity contribution in [3.05, 3.63) is 28.9 Å². The van der Waals surface area contributed by atoms with Crippen LogP contribution in [-0.4, -0.2) is 16.2 Å². The number of halogens is 1. The molecule has 5 heteroatoms. The van der Waals surface area contributed by atoms with E-state index in [2.05, 4.69) is 0 Å². The predicted molar refractivity (Wildman–Crippen MR) is 50.4 cm³/mol. The highest BCUT2D eigenvalue weighted by molar-refractivity contribution is 7.17. The molecule has 1 aromatic carbocycles. The van der Waals surface area contributed by atoms with E-state index < -0.39 is 11.8 Å². The van der Waals surface area contributed by atoms with Crippen LogP contribution in [0.25, 0.3) is 10.1 Å². The molecule has 0 bridgehead atoms. The predicted octanol–water partition coefficient (Wildman–Crippen LogP) is 2.44. The third kappa shape index (κ3) is 1.22. The number of phenolic OH excluding ortho intramolecular Hbond substituents is 1. The first-order valence-corrected chi connectivity index (χ1v) is 4.60. The maximum atomic E-state index is 13.1. The topological polar surface area (TPSA) is 57.5 Å². The van der Waals surface area contributed by atoms with Crippen molar-refractivity contribution in [3.8, 4) is 5.75 Å². The molecule has 2 N–H and O–H groups in total. The van der Waals surface area contributed by atoms with Crippen molar-refractivity contribution in [2.45, 2.75) is 0 Å². The molecule has 0 radical (unpaired) electrons. The molecule has 2 aromatic rings. The lowest BCUT2D eigenvalue weighted by Gasteiger charge is -1.98. The van der Waals surface area contributed by atoms with Gasteiger partial charge in [0.25, 0.3) is 0 Å². The van der Waals surface area contributed by atoms with Crippen molar-refractivity contribution >= 4 is 27.4 Å². The highest BCUT2D eigenvalue weighted by Gasteiger charge is 2.12. The molecule has 0 aliphatic carbocycles. The van der Waals surface area contributed by atoms with Crippen LogP contribution < -0.4 is 0 Å². The van der Waals surface area contributed by atoms with E-state index in [0.717, 1.165) is 17.4 Å².